The minimum Gasteiger partial charge on any atom is -0.324 e. The fourth-order valence-electron chi connectivity index (χ4n) is 1.64. The molecule has 2 aromatic heterocycles. The molecule has 0 fully saturated rings. The van der Waals surface area contributed by atoms with Crippen molar-refractivity contribution in [2.45, 2.75) is 34.6 Å². The molecule has 0 saturated heterocycles. The number of carbonyl (C=O) groups excluding carboxylic acids is 1. The van der Waals surface area contributed by atoms with Crippen molar-refractivity contribution in [2.24, 2.45) is 5.41 Å². The summed E-state index contributed by atoms with van der Waals surface area (Å²) in [6.07, 6.45) is 1.78. The third-order valence-electron chi connectivity index (χ3n) is 2.66. The third kappa shape index (κ3) is 2.34. The zero-order chi connectivity index (χ0) is 13.5. The van der Waals surface area contributed by atoms with Gasteiger partial charge in [-0.1, -0.05) is 20.8 Å². The van der Waals surface area contributed by atoms with Crippen molar-refractivity contribution in [2.75, 3.05) is 5.32 Å². The maximum Gasteiger partial charge on any atom is 0.229 e. The van der Waals surface area contributed by atoms with Crippen LogP contribution in [0.5, 0.6) is 0 Å². The lowest BCUT2D eigenvalue weighted by Crippen LogP contribution is -2.27. The Morgan fingerprint density at radius 2 is 2.00 bits per heavy atom. The van der Waals surface area contributed by atoms with Gasteiger partial charge in [0.05, 0.1) is 11.9 Å². The highest BCUT2D eigenvalue weighted by atomic mass is 16.2. The van der Waals surface area contributed by atoms with Crippen LogP contribution in [-0.4, -0.2) is 20.5 Å². The number of carbonyl (C=O) groups is 1. The van der Waals surface area contributed by atoms with E-state index in [1.54, 1.807) is 10.7 Å². The van der Waals surface area contributed by atoms with Crippen molar-refractivity contribution in [3.8, 4) is 0 Å². The zero-order valence-corrected chi connectivity index (χ0v) is 11.4. The number of nitrogens with one attached hydrogen (secondary N) is 1. The number of aromatic nitrogens is 3. The topological polar surface area (TPSA) is 59.3 Å². The Morgan fingerprint density at radius 1 is 1.33 bits per heavy atom. The average molecular weight is 246 g/mol. The highest BCUT2D eigenvalue weighted by molar-refractivity contribution is 5.94. The summed E-state index contributed by atoms with van der Waals surface area (Å²) in [5.41, 5.74) is 2.13. The molecule has 0 bridgehead atoms. The smallest absolute Gasteiger partial charge is 0.229 e. The molecule has 1 N–H and O–H groups in total. The van der Waals surface area contributed by atoms with Crippen LogP contribution < -0.4 is 5.32 Å². The van der Waals surface area contributed by atoms with Crippen molar-refractivity contribution >= 4 is 17.2 Å². The molecule has 5 heteroatoms. The van der Waals surface area contributed by atoms with E-state index in [2.05, 4.69) is 15.4 Å². The van der Waals surface area contributed by atoms with E-state index in [-0.39, 0.29) is 5.91 Å². The molecule has 0 radical (unpaired) electrons. The van der Waals surface area contributed by atoms with Gasteiger partial charge in [-0.3, -0.25) is 4.79 Å². The van der Waals surface area contributed by atoms with Crippen LogP contribution in [0.15, 0.2) is 12.3 Å². The summed E-state index contributed by atoms with van der Waals surface area (Å²) < 4.78 is 1.70. The monoisotopic (exact) mass is 246 g/mol. The summed E-state index contributed by atoms with van der Waals surface area (Å²) in [5.74, 6) is 0.704. The van der Waals surface area contributed by atoms with Gasteiger partial charge in [0.1, 0.15) is 5.82 Å². The number of amides is 1. The largest absolute Gasteiger partial charge is 0.324 e. The minimum absolute atomic E-state index is 0.0157. The summed E-state index contributed by atoms with van der Waals surface area (Å²) in [7, 11) is 0. The normalized spacial score (nSPS) is 11.8. The van der Waals surface area contributed by atoms with E-state index in [1.165, 1.54) is 0 Å². The minimum atomic E-state index is -0.416. The van der Waals surface area contributed by atoms with E-state index in [0.29, 0.717) is 0 Å². The molecule has 0 unspecified atom stereocenters. The standard InChI is InChI=1S/C13H18N4O/c1-8-6-10(15-12(18)13(3,4)5)7-17-11(8)14-9(2)16-17/h6-7H,1-5H3,(H,15,18). The van der Waals surface area contributed by atoms with E-state index < -0.39 is 5.41 Å². The Morgan fingerprint density at radius 3 is 2.61 bits per heavy atom. The second kappa shape index (κ2) is 4.08. The second-order valence-corrected chi connectivity index (χ2v) is 5.54. The molecular weight excluding hydrogens is 228 g/mol. The molecular formula is C13H18N4O. The van der Waals surface area contributed by atoms with Crippen LogP contribution in [0.2, 0.25) is 0 Å². The average Bonchev–Trinajstić information content (AvgIpc) is 2.57. The summed E-state index contributed by atoms with van der Waals surface area (Å²) >= 11 is 0. The SMILES string of the molecule is Cc1nc2c(C)cc(NC(=O)C(C)(C)C)cn2n1. The van der Waals surface area contributed by atoms with Crippen molar-refractivity contribution in [3.05, 3.63) is 23.7 Å². The van der Waals surface area contributed by atoms with E-state index >= 15 is 0 Å². The number of hydrogen-bond acceptors (Lipinski definition) is 3. The van der Waals surface area contributed by atoms with Crippen LogP contribution in [0.3, 0.4) is 0 Å². The van der Waals surface area contributed by atoms with Gasteiger partial charge in [0, 0.05) is 5.41 Å². The summed E-state index contributed by atoms with van der Waals surface area (Å²) in [6.45, 7) is 9.45. The zero-order valence-electron chi connectivity index (χ0n) is 11.4. The van der Waals surface area contributed by atoms with Crippen molar-refractivity contribution in [3.63, 3.8) is 0 Å². The fourth-order valence-corrected chi connectivity index (χ4v) is 1.64. The van der Waals surface area contributed by atoms with Crippen molar-refractivity contribution in [1.29, 1.82) is 0 Å². The van der Waals surface area contributed by atoms with Gasteiger partial charge < -0.3 is 5.32 Å². The molecule has 0 aromatic carbocycles. The predicted molar refractivity (Wildman–Crippen MR) is 70.5 cm³/mol. The van der Waals surface area contributed by atoms with Crippen LogP contribution in [0.25, 0.3) is 5.65 Å². The van der Waals surface area contributed by atoms with Crippen LogP contribution in [-0.2, 0) is 4.79 Å². The number of pyridine rings is 1. The van der Waals surface area contributed by atoms with Crippen LogP contribution in [0.1, 0.15) is 32.2 Å². The van der Waals surface area contributed by atoms with E-state index in [1.807, 2.05) is 40.7 Å². The first kappa shape index (κ1) is 12.5. The van der Waals surface area contributed by atoms with Crippen LogP contribution in [0, 0.1) is 19.3 Å². The molecule has 0 atom stereocenters. The predicted octanol–water partition coefficient (Wildman–Crippen LogP) is 2.33. The van der Waals surface area contributed by atoms with E-state index in [0.717, 1.165) is 22.7 Å². The molecule has 0 spiro atoms. The van der Waals surface area contributed by atoms with Gasteiger partial charge in [-0.2, -0.15) is 5.10 Å². The Kier molecular flexibility index (Phi) is 2.84. The molecule has 1 amide bonds. The molecule has 0 aliphatic carbocycles. The Bertz CT molecular complexity index is 607. The van der Waals surface area contributed by atoms with Gasteiger partial charge in [0.15, 0.2) is 5.65 Å². The number of nitrogens with zero attached hydrogens (tertiary/aromatic N) is 3. The maximum absolute atomic E-state index is 11.9. The number of fused-ring (bicyclic) bond motifs is 1. The first-order valence-electron chi connectivity index (χ1n) is 5.92. The first-order valence-corrected chi connectivity index (χ1v) is 5.92. The Labute approximate surface area is 106 Å². The Hall–Kier alpha value is -1.91. The van der Waals surface area contributed by atoms with Gasteiger partial charge in [-0.25, -0.2) is 9.50 Å². The molecule has 96 valence electrons. The summed E-state index contributed by atoms with van der Waals surface area (Å²) in [5, 5.41) is 7.15. The molecule has 0 aliphatic heterocycles. The van der Waals surface area contributed by atoms with Crippen molar-refractivity contribution < 1.29 is 4.79 Å². The highest BCUT2D eigenvalue weighted by Gasteiger charge is 2.21. The lowest BCUT2D eigenvalue weighted by Gasteiger charge is -2.17. The lowest BCUT2D eigenvalue weighted by molar-refractivity contribution is -0.123. The second-order valence-electron chi connectivity index (χ2n) is 5.54. The molecule has 2 aromatic rings. The van der Waals surface area contributed by atoms with Crippen LogP contribution in [0.4, 0.5) is 5.69 Å². The maximum atomic E-state index is 11.9. The number of hydrogen-bond donors (Lipinski definition) is 1. The number of aryl methyl sites for hydroxylation is 2. The van der Waals surface area contributed by atoms with Crippen molar-refractivity contribution in [1.82, 2.24) is 14.6 Å². The van der Waals surface area contributed by atoms with E-state index in [4.69, 9.17) is 0 Å². The first-order chi connectivity index (χ1) is 8.27. The van der Waals surface area contributed by atoms with E-state index in [9.17, 15) is 4.79 Å². The molecule has 2 heterocycles. The van der Waals surface area contributed by atoms with Gasteiger partial charge in [-0.15, -0.1) is 0 Å². The van der Waals surface area contributed by atoms with Gasteiger partial charge in [0.25, 0.3) is 0 Å². The van der Waals surface area contributed by atoms with Gasteiger partial charge in [0.2, 0.25) is 5.91 Å². The quantitative estimate of drug-likeness (QED) is 0.840. The van der Waals surface area contributed by atoms with Gasteiger partial charge in [-0.05, 0) is 25.5 Å². The molecule has 0 saturated carbocycles. The number of anilines is 1. The van der Waals surface area contributed by atoms with Crippen LogP contribution >= 0.6 is 0 Å². The molecule has 18 heavy (non-hydrogen) atoms. The molecule has 2 rings (SSSR count). The summed E-state index contributed by atoms with van der Waals surface area (Å²) in [6, 6.07) is 1.91. The Balaban J connectivity index is 2.38. The molecule has 0 aliphatic rings. The number of rotatable bonds is 1. The third-order valence-corrected chi connectivity index (χ3v) is 2.66. The van der Waals surface area contributed by atoms with Gasteiger partial charge >= 0.3 is 0 Å². The summed E-state index contributed by atoms with van der Waals surface area (Å²) in [4.78, 5) is 16.3. The lowest BCUT2D eigenvalue weighted by atomic mass is 9.95. The highest BCUT2D eigenvalue weighted by Crippen LogP contribution is 2.19. The fraction of sp³-hybridized carbons (Fsp3) is 0.462. The molecule has 5 nitrogen and oxygen atoms in total.